The van der Waals surface area contributed by atoms with Gasteiger partial charge in [-0.3, -0.25) is 0 Å². The van der Waals surface area contributed by atoms with Crippen molar-refractivity contribution in [1.29, 1.82) is 0 Å². The van der Waals surface area contributed by atoms with E-state index in [9.17, 15) is 0 Å². The summed E-state index contributed by atoms with van der Waals surface area (Å²) in [6, 6.07) is 1.25. The van der Waals surface area contributed by atoms with Crippen LogP contribution in [0.25, 0.3) is 0 Å². The maximum atomic E-state index is 4.42. The highest BCUT2D eigenvalue weighted by atomic mass is 15.2. The normalized spacial score (nSPS) is 35.4. The minimum absolute atomic E-state index is 0.512. The summed E-state index contributed by atoms with van der Waals surface area (Å²) in [4.78, 5) is 4.42. The van der Waals surface area contributed by atoms with E-state index in [0.717, 1.165) is 18.5 Å². The zero-order valence-corrected chi connectivity index (χ0v) is 8.61. The highest BCUT2D eigenvalue weighted by Crippen LogP contribution is 2.31. The SMILES string of the molecule is CC1CCC1NC1CCn2ccnc21. The Morgan fingerprint density at radius 1 is 1.43 bits per heavy atom. The van der Waals surface area contributed by atoms with Gasteiger partial charge >= 0.3 is 0 Å². The fraction of sp³-hybridized carbons (Fsp3) is 0.727. The topological polar surface area (TPSA) is 29.9 Å². The van der Waals surface area contributed by atoms with Gasteiger partial charge < -0.3 is 9.88 Å². The Kier molecular flexibility index (Phi) is 1.87. The van der Waals surface area contributed by atoms with E-state index in [0.29, 0.717) is 6.04 Å². The van der Waals surface area contributed by atoms with Gasteiger partial charge in [0.1, 0.15) is 5.82 Å². The molecule has 3 rings (SSSR count). The Morgan fingerprint density at radius 3 is 3.07 bits per heavy atom. The average Bonchev–Trinajstić information content (AvgIpc) is 2.74. The van der Waals surface area contributed by atoms with Gasteiger partial charge in [0.2, 0.25) is 0 Å². The highest BCUT2D eigenvalue weighted by molar-refractivity contribution is 5.05. The number of nitrogens with one attached hydrogen (secondary N) is 1. The zero-order valence-electron chi connectivity index (χ0n) is 8.61. The standard InChI is InChI=1S/C11H17N3/c1-8-2-3-9(8)13-10-4-6-14-7-5-12-11(10)14/h5,7-10,13H,2-4,6H2,1H3. The number of aromatic nitrogens is 2. The summed E-state index contributed by atoms with van der Waals surface area (Å²) in [6.07, 6.45) is 7.94. The second kappa shape index (κ2) is 3.09. The molecule has 3 atom stereocenters. The number of fused-ring (bicyclic) bond motifs is 1. The van der Waals surface area contributed by atoms with Crippen molar-refractivity contribution in [3.8, 4) is 0 Å². The maximum Gasteiger partial charge on any atom is 0.125 e. The molecule has 0 spiro atoms. The van der Waals surface area contributed by atoms with E-state index in [-0.39, 0.29) is 0 Å². The molecule has 0 saturated heterocycles. The second-order valence-corrected chi connectivity index (χ2v) is 4.65. The highest BCUT2D eigenvalue weighted by Gasteiger charge is 2.32. The molecule has 1 saturated carbocycles. The molecule has 0 amide bonds. The van der Waals surface area contributed by atoms with E-state index in [4.69, 9.17) is 0 Å². The van der Waals surface area contributed by atoms with Crippen molar-refractivity contribution >= 4 is 0 Å². The van der Waals surface area contributed by atoms with Gasteiger partial charge in [-0.1, -0.05) is 6.92 Å². The lowest BCUT2D eigenvalue weighted by Gasteiger charge is -2.36. The molecule has 1 aliphatic carbocycles. The molecule has 0 aromatic carbocycles. The van der Waals surface area contributed by atoms with Crippen LogP contribution < -0.4 is 5.32 Å². The van der Waals surface area contributed by atoms with E-state index in [2.05, 4.69) is 28.0 Å². The Hall–Kier alpha value is -0.830. The van der Waals surface area contributed by atoms with Crippen LogP contribution in [0.2, 0.25) is 0 Å². The second-order valence-electron chi connectivity index (χ2n) is 4.65. The molecule has 2 heterocycles. The minimum Gasteiger partial charge on any atom is -0.334 e. The molecule has 1 aromatic rings. The first kappa shape index (κ1) is 8.48. The monoisotopic (exact) mass is 191 g/mol. The molecule has 76 valence electrons. The van der Waals surface area contributed by atoms with Crippen molar-refractivity contribution in [3.63, 3.8) is 0 Å². The predicted octanol–water partition coefficient (Wildman–Crippen LogP) is 1.72. The van der Waals surface area contributed by atoms with Crippen LogP contribution in [0, 0.1) is 5.92 Å². The molecule has 2 aliphatic rings. The third-order valence-electron chi connectivity index (χ3n) is 3.75. The number of hydrogen-bond acceptors (Lipinski definition) is 2. The van der Waals surface area contributed by atoms with E-state index >= 15 is 0 Å². The molecule has 1 aliphatic heterocycles. The van der Waals surface area contributed by atoms with E-state index in [1.54, 1.807) is 0 Å². The molecule has 0 radical (unpaired) electrons. The molecule has 14 heavy (non-hydrogen) atoms. The summed E-state index contributed by atoms with van der Waals surface area (Å²) in [5, 5.41) is 3.72. The summed E-state index contributed by atoms with van der Waals surface area (Å²) in [5.74, 6) is 2.10. The van der Waals surface area contributed by atoms with Crippen molar-refractivity contribution in [3.05, 3.63) is 18.2 Å². The first-order chi connectivity index (χ1) is 6.84. The van der Waals surface area contributed by atoms with Crippen LogP contribution in [-0.4, -0.2) is 15.6 Å². The van der Waals surface area contributed by atoms with Gasteiger partial charge in [0.25, 0.3) is 0 Å². The summed E-state index contributed by atoms with van der Waals surface area (Å²) in [6.45, 7) is 3.47. The fourth-order valence-electron chi connectivity index (χ4n) is 2.55. The number of imidazole rings is 1. The Balaban J connectivity index is 1.70. The molecule has 3 unspecified atom stereocenters. The van der Waals surface area contributed by atoms with Gasteiger partial charge in [-0.05, 0) is 25.2 Å². The summed E-state index contributed by atoms with van der Waals surface area (Å²) in [7, 11) is 0. The maximum absolute atomic E-state index is 4.42. The minimum atomic E-state index is 0.512. The first-order valence-corrected chi connectivity index (χ1v) is 5.61. The van der Waals surface area contributed by atoms with Gasteiger partial charge in [-0.2, -0.15) is 0 Å². The predicted molar refractivity (Wildman–Crippen MR) is 54.9 cm³/mol. The third kappa shape index (κ3) is 1.19. The summed E-state index contributed by atoms with van der Waals surface area (Å²) >= 11 is 0. The molecule has 3 heteroatoms. The summed E-state index contributed by atoms with van der Waals surface area (Å²) in [5.41, 5.74) is 0. The van der Waals surface area contributed by atoms with Crippen LogP contribution in [-0.2, 0) is 6.54 Å². The van der Waals surface area contributed by atoms with Gasteiger partial charge in [-0.15, -0.1) is 0 Å². The molecular formula is C11H17N3. The van der Waals surface area contributed by atoms with Crippen LogP contribution in [0.15, 0.2) is 12.4 Å². The van der Waals surface area contributed by atoms with Crippen LogP contribution in [0.3, 0.4) is 0 Å². The molecule has 0 bridgehead atoms. The number of hydrogen-bond donors (Lipinski definition) is 1. The molecular weight excluding hydrogens is 174 g/mol. The molecule has 3 nitrogen and oxygen atoms in total. The smallest absolute Gasteiger partial charge is 0.125 e. The van der Waals surface area contributed by atoms with Crippen LogP contribution in [0.4, 0.5) is 0 Å². The molecule has 1 aromatic heterocycles. The quantitative estimate of drug-likeness (QED) is 0.771. The fourth-order valence-corrected chi connectivity index (χ4v) is 2.55. The van der Waals surface area contributed by atoms with Crippen LogP contribution in [0.5, 0.6) is 0 Å². The van der Waals surface area contributed by atoms with Crippen molar-refractivity contribution < 1.29 is 0 Å². The van der Waals surface area contributed by atoms with Crippen molar-refractivity contribution in [2.75, 3.05) is 0 Å². The largest absolute Gasteiger partial charge is 0.334 e. The van der Waals surface area contributed by atoms with Crippen LogP contribution in [0.1, 0.15) is 38.1 Å². The summed E-state index contributed by atoms with van der Waals surface area (Å²) < 4.78 is 2.26. The van der Waals surface area contributed by atoms with Crippen molar-refractivity contribution in [2.45, 2.75) is 44.8 Å². The number of nitrogens with zero attached hydrogens (tertiary/aromatic N) is 2. The number of aryl methyl sites for hydroxylation is 1. The van der Waals surface area contributed by atoms with Gasteiger partial charge in [-0.25, -0.2) is 4.98 Å². The lowest BCUT2D eigenvalue weighted by molar-refractivity contribution is 0.208. The van der Waals surface area contributed by atoms with E-state index in [1.807, 2.05) is 6.20 Å². The van der Waals surface area contributed by atoms with Crippen molar-refractivity contribution in [2.24, 2.45) is 5.92 Å². The Morgan fingerprint density at radius 2 is 2.36 bits per heavy atom. The third-order valence-corrected chi connectivity index (χ3v) is 3.75. The molecule has 1 N–H and O–H groups in total. The lowest BCUT2D eigenvalue weighted by Crippen LogP contribution is -2.43. The van der Waals surface area contributed by atoms with Gasteiger partial charge in [0, 0.05) is 25.0 Å². The molecule has 1 fully saturated rings. The van der Waals surface area contributed by atoms with E-state index < -0.39 is 0 Å². The Labute approximate surface area is 84.5 Å². The van der Waals surface area contributed by atoms with Gasteiger partial charge in [0.05, 0.1) is 6.04 Å². The average molecular weight is 191 g/mol. The zero-order chi connectivity index (χ0) is 9.54. The Bertz CT molecular complexity index is 331. The first-order valence-electron chi connectivity index (χ1n) is 5.61. The van der Waals surface area contributed by atoms with Crippen LogP contribution >= 0.6 is 0 Å². The lowest BCUT2D eigenvalue weighted by atomic mass is 9.80. The van der Waals surface area contributed by atoms with Gasteiger partial charge in [0.15, 0.2) is 0 Å². The van der Waals surface area contributed by atoms with Crippen molar-refractivity contribution in [1.82, 2.24) is 14.9 Å². The number of rotatable bonds is 2. The van der Waals surface area contributed by atoms with E-state index in [1.165, 1.54) is 25.1 Å².